The summed E-state index contributed by atoms with van der Waals surface area (Å²) in [7, 11) is 2.11. The van der Waals surface area contributed by atoms with Crippen LogP contribution in [0.1, 0.15) is 47.2 Å². The van der Waals surface area contributed by atoms with Crippen LogP contribution in [0.4, 0.5) is 10.8 Å². The molecule has 3 nitrogen and oxygen atoms in total. The quantitative estimate of drug-likeness (QED) is 0.517. The molecule has 1 aromatic heterocycles. The summed E-state index contributed by atoms with van der Waals surface area (Å²) in [6.45, 7) is 14.5. The van der Waals surface area contributed by atoms with Crippen molar-refractivity contribution in [1.29, 1.82) is 0 Å². The summed E-state index contributed by atoms with van der Waals surface area (Å²) in [6, 6.07) is 15.0. The summed E-state index contributed by atoms with van der Waals surface area (Å²) in [4.78, 5) is 9.68. The molecule has 0 aliphatic heterocycles. The Balaban J connectivity index is 1.89. The van der Waals surface area contributed by atoms with Gasteiger partial charge in [0.1, 0.15) is 0 Å². The zero-order valence-electron chi connectivity index (χ0n) is 17.6. The summed E-state index contributed by atoms with van der Waals surface area (Å²) >= 11 is 1.71. The molecule has 0 N–H and O–H groups in total. The SMILES string of the molecule is CN(c1nc(CN(C(C)(C)C)C(C)(C)C)cs1)c1cccc2ccccc12. The minimum absolute atomic E-state index is 0.0869. The highest BCUT2D eigenvalue weighted by Crippen LogP contribution is 2.34. The molecule has 27 heavy (non-hydrogen) atoms. The van der Waals surface area contributed by atoms with Gasteiger partial charge in [0.05, 0.1) is 11.4 Å². The van der Waals surface area contributed by atoms with E-state index in [2.05, 4.69) is 106 Å². The maximum atomic E-state index is 4.96. The van der Waals surface area contributed by atoms with Crippen LogP contribution in [-0.2, 0) is 6.54 Å². The van der Waals surface area contributed by atoms with Crippen molar-refractivity contribution in [3.8, 4) is 0 Å². The van der Waals surface area contributed by atoms with Gasteiger partial charge in [-0.05, 0) is 53.0 Å². The number of anilines is 2. The highest BCUT2D eigenvalue weighted by molar-refractivity contribution is 7.13. The van der Waals surface area contributed by atoms with Crippen LogP contribution in [0.15, 0.2) is 47.8 Å². The maximum Gasteiger partial charge on any atom is 0.189 e. The first-order valence-corrected chi connectivity index (χ1v) is 10.4. The maximum absolute atomic E-state index is 4.96. The zero-order chi connectivity index (χ0) is 19.8. The van der Waals surface area contributed by atoms with E-state index in [1.165, 1.54) is 16.5 Å². The first kappa shape index (κ1) is 19.8. The van der Waals surface area contributed by atoms with Crippen molar-refractivity contribution in [2.45, 2.75) is 59.2 Å². The van der Waals surface area contributed by atoms with Crippen molar-refractivity contribution in [3.63, 3.8) is 0 Å². The molecule has 0 atom stereocenters. The molecule has 2 aromatic carbocycles. The fraction of sp³-hybridized carbons (Fsp3) is 0.435. The third-order valence-corrected chi connectivity index (χ3v) is 5.86. The van der Waals surface area contributed by atoms with Gasteiger partial charge in [0.2, 0.25) is 0 Å². The third kappa shape index (κ3) is 4.33. The van der Waals surface area contributed by atoms with Crippen LogP contribution in [0, 0.1) is 0 Å². The molecule has 3 aromatic rings. The Kier molecular flexibility index (Phi) is 5.33. The van der Waals surface area contributed by atoms with Crippen molar-refractivity contribution in [1.82, 2.24) is 9.88 Å². The van der Waals surface area contributed by atoms with Crippen molar-refractivity contribution in [2.75, 3.05) is 11.9 Å². The number of rotatable bonds is 4. The molecule has 0 spiro atoms. The lowest BCUT2D eigenvalue weighted by atomic mass is 9.96. The van der Waals surface area contributed by atoms with Crippen LogP contribution >= 0.6 is 11.3 Å². The average Bonchev–Trinajstić information content (AvgIpc) is 3.05. The monoisotopic (exact) mass is 381 g/mol. The van der Waals surface area contributed by atoms with E-state index in [9.17, 15) is 0 Å². The molecule has 144 valence electrons. The number of thiazole rings is 1. The van der Waals surface area contributed by atoms with Gasteiger partial charge in [0.15, 0.2) is 5.13 Å². The van der Waals surface area contributed by atoms with E-state index in [4.69, 9.17) is 4.98 Å². The van der Waals surface area contributed by atoms with Gasteiger partial charge in [-0.15, -0.1) is 11.3 Å². The Hall–Kier alpha value is -1.91. The summed E-state index contributed by atoms with van der Waals surface area (Å²) in [5, 5.41) is 5.74. The molecule has 0 radical (unpaired) electrons. The number of hydrogen-bond acceptors (Lipinski definition) is 4. The first-order valence-electron chi connectivity index (χ1n) is 9.51. The number of benzene rings is 2. The molecular weight excluding hydrogens is 350 g/mol. The summed E-state index contributed by atoms with van der Waals surface area (Å²) in [5.74, 6) is 0. The van der Waals surface area contributed by atoms with Crippen molar-refractivity contribution < 1.29 is 0 Å². The Morgan fingerprint density at radius 1 is 0.889 bits per heavy atom. The van der Waals surface area contributed by atoms with Gasteiger partial charge in [-0.25, -0.2) is 4.98 Å². The third-order valence-electron chi connectivity index (χ3n) is 4.89. The fourth-order valence-corrected chi connectivity index (χ4v) is 4.56. The summed E-state index contributed by atoms with van der Waals surface area (Å²) in [6.07, 6.45) is 0. The van der Waals surface area contributed by atoms with Crippen molar-refractivity contribution >= 4 is 32.9 Å². The molecule has 0 aliphatic carbocycles. The van der Waals surface area contributed by atoms with Gasteiger partial charge in [-0.2, -0.15) is 0 Å². The van der Waals surface area contributed by atoms with Gasteiger partial charge in [0.25, 0.3) is 0 Å². The highest BCUT2D eigenvalue weighted by Gasteiger charge is 2.32. The molecule has 0 aliphatic rings. The standard InChI is InChI=1S/C23H31N3S/c1-22(2,3)26(23(4,5)6)15-18-16-27-21(24-18)25(7)20-14-10-12-17-11-8-9-13-19(17)20/h8-14,16H,15H2,1-7H3. The van der Waals surface area contributed by atoms with Crippen LogP contribution < -0.4 is 4.90 Å². The van der Waals surface area contributed by atoms with E-state index in [1.54, 1.807) is 11.3 Å². The Bertz CT molecular complexity index is 896. The lowest BCUT2D eigenvalue weighted by Crippen LogP contribution is -2.51. The number of hydrogen-bond donors (Lipinski definition) is 0. The second-order valence-corrected chi connectivity index (χ2v) is 9.94. The largest absolute Gasteiger partial charge is 0.320 e. The van der Waals surface area contributed by atoms with Gasteiger partial charge < -0.3 is 4.90 Å². The Labute approximate surface area is 167 Å². The Morgan fingerprint density at radius 2 is 1.52 bits per heavy atom. The van der Waals surface area contributed by atoms with Crippen molar-refractivity contribution in [3.05, 3.63) is 53.5 Å². The fourth-order valence-electron chi connectivity index (χ4n) is 3.77. The molecule has 0 saturated carbocycles. The molecule has 0 unspecified atom stereocenters. The molecule has 4 heteroatoms. The lowest BCUT2D eigenvalue weighted by molar-refractivity contribution is 0.0288. The lowest BCUT2D eigenvalue weighted by Gasteiger charge is -2.45. The van der Waals surface area contributed by atoms with Crippen molar-refractivity contribution in [2.24, 2.45) is 0 Å². The van der Waals surface area contributed by atoms with Crippen LogP contribution in [0.2, 0.25) is 0 Å². The molecule has 1 heterocycles. The predicted octanol–water partition coefficient (Wildman–Crippen LogP) is 6.46. The van der Waals surface area contributed by atoms with E-state index in [-0.39, 0.29) is 11.1 Å². The van der Waals surface area contributed by atoms with Gasteiger partial charge in [-0.1, -0.05) is 36.4 Å². The number of nitrogens with zero attached hydrogens (tertiary/aromatic N) is 3. The van der Waals surface area contributed by atoms with Crippen LogP contribution in [0.3, 0.4) is 0 Å². The number of aromatic nitrogens is 1. The van der Waals surface area contributed by atoms with Crippen LogP contribution in [0.5, 0.6) is 0 Å². The molecule has 3 rings (SSSR count). The molecule has 0 amide bonds. The first-order chi connectivity index (χ1) is 12.6. The van der Waals surface area contributed by atoms with E-state index >= 15 is 0 Å². The van der Waals surface area contributed by atoms with Gasteiger partial charge >= 0.3 is 0 Å². The highest BCUT2D eigenvalue weighted by atomic mass is 32.1. The Morgan fingerprint density at radius 3 is 2.19 bits per heavy atom. The molecule has 0 bridgehead atoms. The molecule has 0 fully saturated rings. The molecular formula is C23H31N3S. The van der Waals surface area contributed by atoms with E-state index in [1.807, 2.05) is 0 Å². The van der Waals surface area contributed by atoms with Crippen LogP contribution in [-0.4, -0.2) is 28.0 Å². The van der Waals surface area contributed by atoms with Gasteiger partial charge in [-0.3, -0.25) is 4.90 Å². The minimum Gasteiger partial charge on any atom is -0.320 e. The van der Waals surface area contributed by atoms with E-state index in [0.717, 1.165) is 17.4 Å². The number of fused-ring (bicyclic) bond motifs is 1. The zero-order valence-corrected chi connectivity index (χ0v) is 18.4. The summed E-state index contributed by atoms with van der Waals surface area (Å²) in [5.41, 5.74) is 2.50. The topological polar surface area (TPSA) is 19.4 Å². The predicted molar refractivity (Wildman–Crippen MR) is 119 cm³/mol. The van der Waals surface area contributed by atoms with Gasteiger partial charge in [0, 0.05) is 35.4 Å². The van der Waals surface area contributed by atoms with Crippen LogP contribution in [0.25, 0.3) is 10.8 Å². The normalized spacial score (nSPS) is 12.7. The van der Waals surface area contributed by atoms with E-state index in [0.29, 0.717) is 0 Å². The second kappa shape index (κ2) is 7.25. The summed E-state index contributed by atoms with van der Waals surface area (Å²) < 4.78 is 0. The van der Waals surface area contributed by atoms with E-state index < -0.39 is 0 Å². The second-order valence-electron chi connectivity index (χ2n) is 9.11. The minimum atomic E-state index is 0.0869. The average molecular weight is 382 g/mol. The smallest absolute Gasteiger partial charge is 0.189 e. The molecule has 0 saturated heterocycles.